The van der Waals surface area contributed by atoms with Gasteiger partial charge in [0.1, 0.15) is 12.7 Å². The molecule has 0 aliphatic heterocycles. The molecule has 0 aromatic rings. The van der Waals surface area contributed by atoms with Crippen LogP contribution in [0.1, 0.15) is 188 Å². The van der Waals surface area contributed by atoms with E-state index in [4.69, 9.17) is 23.8 Å². The molecule has 4 N–H and O–H groups in total. The molecule has 0 saturated heterocycles. The fraction of sp³-hybridized carbons (Fsp3) is 0.766. The average Bonchev–Trinajstić information content (AvgIpc) is 3.24. The highest BCUT2D eigenvalue weighted by Gasteiger charge is 2.28. The van der Waals surface area contributed by atoms with Gasteiger partial charge < -0.3 is 29.3 Å². The largest absolute Gasteiger partial charge is 0.472 e. The Balaban J connectivity index is 4.64. The van der Waals surface area contributed by atoms with Crippen molar-refractivity contribution in [2.24, 2.45) is 5.92 Å². The molecule has 63 heavy (non-hydrogen) atoms. The first kappa shape index (κ1) is 60.8. The summed E-state index contributed by atoms with van der Waals surface area (Å²) >= 11 is 0. The minimum Gasteiger partial charge on any atom is -0.462 e. The molecule has 4 atom stereocenters. The van der Waals surface area contributed by atoms with Gasteiger partial charge in [0.05, 0.1) is 19.8 Å². The number of carbonyl (C=O) groups excluding carboxylic acids is 3. The molecule has 0 aliphatic carbocycles. The summed E-state index contributed by atoms with van der Waals surface area (Å²) in [6, 6.07) is 0. The number of phosphoric acid groups is 2. The Labute approximate surface area is 379 Å². The van der Waals surface area contributed by atoms with Crippen LogP contribution in [-0.2, 0) is 46.6 Å². The van der Waals surface area contributed by atoms with E-state index in [0.29, 0.717) is 6.42 Å². The maximum Gasteiger partial charge on any atom is 0.472 e. The SMILES string of the molecule is CCCCC/C=C\C/C=C\C/C=C\C=C\C(=O)CCCC(=O)OC[C@H](COP(=O)(O)OC[C@@H](O)COP(=O)(O)O)OC(=O)CCCCCCCCCCCCCCCCC(C)CC. The number of hydrogen-bond donors (Lipinski definition) is 4. The number of aliphatic hydroxyl groups is 1. The second-order valence-electron chi connectivity index (χ2n) is 16.3. The molecule has 0 aromatic heterocycles. The predicted octanol–water partition coefficient (Wildman–Crippen LogP) is 11.7. The van der Waals surface area contributed by atoms with Crippen LogP contribution in [0.15, 0.2) is 48.6 Å². The quantitative estimate of drug-likeness (QED) is 0.0112. The number of carbonyl (C=O) groups is 3. The molecule has 2 unspecified atom stereocenters. The van der Waals surface area contributed by atoms with Crippen molar-refractivity contribution < 1.29 is 66.3 Å². The maximum atomic E-state index is 12.7. The van der Waals surface area contributed by atoms with Crippen molar-refractivity contribution in [2.75, 3.05) is 26.4 Å². The highest BCUT2D eigenvalue weighted by atomic mass is 31.2. The van der Waals surface area contributed by atoms with Crippen molar-refractivity contribution in [1.29, 1.82) is 0 Å². The minimum atomic E-state index is -4.89. The lowest BCUT2D eigenvalue weighted by atomic mass is 9.99. The molecule has 14 nitrogen and oxygen atoms in total. The first-order valence-electron chi connectivity index (χ1n) is 23.7. The molecule has 0 spiro atoms. The summed E-state index contributed by atoms with van der Waals surface area (Å²) in [6.07, 6.45) is 38.2. The predicted molar refractivity (Wildman–Crippen MR) is 249 cm³/mol. The monoisotopic (exact) mass is 935 g/mol. The first-order valence-corrected chi connectivity index (χ1v) is 26.7. The number of unbranched alkanes of at least 4 members (excludes halogenated alkanes) is 16. The van der Waals surface area contributed by atoms with Gasteiger partial charge in [0.15, 0.2) is 11.9 Å². The van der Waals surface area contributed by atoms with Gasteiger partial charge in [-0.05, 0) is 50.5 Å². The number of allylic oxidation sites excluding steroid dienone is 8. The summed E-state index contributed by atoms with van der Waals surface area (Å²) in [4.78, 5) is 65.0. The van der Waals surface area contributed by atoms with Crippen molar-refractivity contribution in [3.8, 4) is 0 Å². The minimum absolute atomic E-state index is 0.0828. The standard InChI is InChI=1S/C47H84O14P2/c1-4-6-7-8-9-10-11-14-18-21-24-27-30-34-43(48)35-32-37-46(50)57-40-45(41-60-63(55,56)59-39-44(49)38-58-62(52,53)54)61-47(51)36-31-28-25-22-19-16-13-12-15-17-20-23-26-29-33-42(3)5-2/h9-10,14,18,24,27,30,34,42,44-45,49H,4-8,11-13,15-17,19-23,25-26,28-29,31-33,35-41H2,1-3H3,(H,55,56)(H2,52,53,54)/b10-9-,18-14-,27-24-,34-30+/t42?,44-,45+/m0/s1. The Morgan fingerprint density at radius 3 is 1.71 bits per heavy atom. The maximum absolute atomic E-state index is 12.7. The second-order valence-corrected chi connectivity index (χ2v) is 19.0. The lowest BCUT2D eigenvalue weighted by Crippen LogP contribution is -2.30. The van der Waals surface area contributed by atoms with Crippen LogP contribution in [0.2, 0.25) is 0 Å². The van der Waals surface area contributed by atoms with E-state index >= 15 is 0 Å². The number of ether oxygens (including phenoxy) is 2. The van der Waals surface area contributed by atoms with Crippen LogP contribution in [0, 0.1) is 5.92 Å². The van der Waals surface area contributed by atoms with E-state index in [1.807, 2.05) is 6.08 Å². The molecule has 0 amide bonds. The average molecular weight is 935 g/mol. The van der Waals surface area contributed by atoms with Gasteiger partial charge in [0.2, 0.25) is 0 Å². The van der Waals surface area contributed by atoms with Crippen molar-refractivity contribution in [3.05, 3.63) is 48.6 Å². The van der Waals surface area contributed by atoms with Crippen LogP contribution in [0.25, 0.3) is 0 Å². The Kier molecular flexibility index (Phi) is 39.7. The zero-order valence-electron chi connectivity index (χ0n) is 38.8. The molecule has 0 aliphatic rings. The number of esters is 2. The van der Waals surface area contributed by atoms with Gasteiger partial charge in [-0.2, -0.15) is 0 Å². The lowest BCUT2D eigenvalue weighted by molar-refractivity contribution is -0.161. The van der Waals surface area contributed by atoms with Crippen molar-refractivity contribution in [3.63, 3.8) is 0 Å². The van der Waals surface area contributed by atoms with Gasteiger partial charge in [0.25, 0.3) is 0 Å². The van der Waals surface area contributed by atoms with Crippen LogP contribution in [0.4, 0.5) is 0 Å². The summed E-state index contributed by atoms with van der Waals surface area (Å²) in [5.74, 6) is -0.592. The Hall–Kier alpha value is -2.25. The van der Waals surface area contributed by atoms with Gasteiger partial charge in [0, 0.05) is 19.3 Å². The molecule has 0 aromatic carbocycles. The molecular formula is C47H84O14P2. The Bertz CT molecular complexity index is 1380. The highest BCUT2D eigenvalue weighted by molar-refractivity contribution is 7.47. The van der Waals surface area contributed by atoms with Crippen LogP contribution >= 0.6 is 15.6 Å². The van der Waals surface area contributed by atoms with E-state index in [9.17, 15) is 33.5 Å². The molecule has 0 heterocycles. The van der Waals surface area contributed by atoms with Gasteiger partial charge in [-0.25, -0.2) is 9.13 Å². The number of hydrogen-bond acceptors (Lipinski definition) is 11. The Morgan fingerprint density at radius 2 is 1.11 bits per heavy atom. The van der Waals surface area contributed by atoms with E-state index in [2.05, 4.69) is 54.1 Å². The van der Waals surface area contributed by atoms with E-state index in [-0.39, 0.29) is 31.5 Å². The molecular weight excluding hydrogens is 850 g/mol. The summed E-state index contributed by atoms with van der Waals surface area (Å²) in [6.45, 7) is 3.84. The summed E-state index contributed by atoms with van der Waals surface area (Å²) in [5, 5.41) is 9.76. The van der Waals surface area contributed by atoms with Gasteiger partial charge in [-0.15, -0.1) is 0 Å². The topological polar surface area (TPSA) is 212 Å². The fourth-order valence-corrected chi connectivity index (χ4v) is 7.37. The molecule has 0 rings (SSSR count). The molecule has 16 heteroatoms. The molecule has 366 valence electrons. The number of aliphatic hydroxyl groups excluding tert-OH is 1. The van der Waals surface area contributed by atoms with E-state index in [0.717, 1.165) is 50.9 Å². The van der Waals surface area contributed by atoms with Crippen molar-refractivity contribution in [2.45, 2.75) is 200 Å². The lowest BCUT2D eigenvalue weighted by Gasteiger charge is -2.20. The molecule has 0 saturated carbocycles. The number of rotatable bonds is 44. The van der Waals surface area contributed by atoms with Crippen LogP contribution in [0.5, 0.6) is 0 Å². The van der Waals surface area contributed by atoms with E-state index < -0.39 is 66.2 Å². The van der Waals surface area contributed by atoms with Crippen molar-refractivity contribution >= 4 is 33.4 Å². The normalized spacial score (nSPS) is 14.8. The van der Waals surface area contributed by atoms with Crippen LogP contribution < -0.4 is 0 Å². The third kappa shape index (κ3) is 44.7. The van der Waals surface area contributed by atoms with E-state index in [1.54, 1.807) is 12.2 Å². The van der Waals surface area contributed by atoms with Crippen LogP contribution in [0.3, 0.4) is 0 Å². The first-order chi connectivity index (χ1) is 30.2. The summed E-state index contributed by atoms with van der Waals surface area (Å²) in [7, 11) is -9.75. The zero-order chi connectivity index (χ0) is 46.9. The zero-order valence-corrected chi connectivity index (χ0v) is 40.6. The van der Waals surface area contributed by atoms with Crippen molar-refractivity contribution in [1.82, 2.24) is 0 Å². The fourth-order valence-electron chi connectivity index (χ4n) is 6.22. The molecule has 0 fully saturated rings. The smallest absolute Gasteiger partial charge is 0.462 e. The molecule has 0 bridgehead atoms. The Morgan fingerprint density at radius 1 is 0.571 bits per heavy atom. The number of ketones is 1. The molecule has 0 radical (unpaired) electrons. The third-order valence-electron chi connectivity index (χ3n) is 10.2. The van der Waals surface area contributed by atoms with Crippen LogP contribution in [-0.4, -0.2) is 76.1 Å². The van der Waals surface area contributed by atoms with Gasteiger partial charge in [-0.1, -0.05) is 172 Å². The van der Waals surface area contributed by atoms with Gasteiger partial charge in [-0.3, -0.25) is 28.0 Å². The number of phosphoric ester groups is 2. The summed E-state index contributed by atoms with van der Waals surface area (Å²) < 4.78 is 47.7. The second kappa shape index (κ2) is 41.2. The van der Waals surface area contributed by atoms with E-state index in [1.165, 1.54) is 96.0 Å². The van der Waals surface area contributed by atoms with Gasteiger partial charge >= 0.3 is 27.6 Å². The third-order valence-corrected chi connectivity index (χ3v) is 11.7. The highest BCUT2D eigenvalue weighted by Crippen LogP contribution is 2.43. The summed E-state index contributed by atoms with van der Waals surface area (Å²) in [5.41, 5.74) is 0.